The maximum Gasteiger partial charge on any atom is 0.308 e. The third-order valence-electron chi connectivity index (χ3n) is 3.27. The first kappa shape index (κ1) is 10.3. The van der Waals surface area contributed by atoms with Gasteiger partial charge in [-0.15, -0.1) is 0 Å². The highest BCUT2D eigenvalue weighted by Gasteiger charge is 2.38. The normalized spacial score (nSPS) is 38.4. The number of carboxylic acids is 1. The van der Waals surface area contributed by atoms with Crippen LogP contribution in [-0.2, 0) is 4.79 Å². The summed E-state index contributed by atoms with van der Waals surface area (Å²) in [5.74, 6) is 0.808. The van der Waals surface area contributed by atoms with Crippen LogP contribution in [0.15, 0.2) is 0 Å². The molecule has 0 amide bonds. The molecule has 0 aromatic rings. The number of aliphatic carboxylic acids is 1. The third kappa shape index (κ3) is 2.06. The zero-order valence-corrected chi connectivity index (χ0v) is 9.05. The summed E-state index contributed by atoms with van der Waals surface area (Å²) in [4.78, 5) is 11.0. The Bertz CT molecular complexity index is 216. The molecule has 3 unspecified atom stereocenters. The van der Waals surface area contributed by atoms with Crippen LogP contribution in [0.1, 0.15) is 19.3 Å². The fourth-order valence-electron chi connectivity index (χ4n) is 2.46. The molecule has 3 nitrogen and oxygen atoms in total. The van der Waals surface area contributed by atoms with Gasteiger partial charge in [-0.3, -0.25) is 4.79 Å². The molecule has 0 aromatic carbocycles. The Kier molecular flexibility index (Phi) is 3.34. The highest BCUT2D eigenvalue weighted by molar-refractivity contribution is 7.99. The van der Waals surface area contributed by atoms with E-state index in [0.717, 1.165) is 6.54 Å². The Labute approximate surface area is 88.6 Å². The minimum Gasteiger partial charge on any atom is -0.481 e. The van der Waals surface area contributed by atoms with Gasteiger partial charge in [0, 0.05) is 11.8 Å². The van der Waals surface area contributed by atoms with Gasteiger partial charge in [0.1, 0.15) is 0 Å². The van der Waals surface area contributed by atoms with Gasteiger partial charge in [0.25, 0.3) is 0 Å². The summed E-state index contributed by atoms with van der Waals surface area (Å²) in [6.45, 7) is 1.56. The molecule has 80 valence electrons. The highest BCUT2D eigenvalue weighted by atomic mass is 32.2. The fourth-order valence-corrected chi connectivity index (χ4v) is 4.00. The van der Waals surface area contributed by atoms with Crippen molar-refractivity contribution < 1.29 is 9.90 Å². The number of carbonyl (C=O) groups is 1. The van der Waals surface area contributed by atoms with E-state index in [0.29, 0.717) is 17.7 Å². The van der Waals surface area contributed by atoms with Crippen molar-refractivity contribution in [1.29, 1.82) is 0 Å². The van der Waals surface area contributed by atoms with Gasteiger partial charge in [-0.05, 0) is 31.1 Å². The monoisotopic (exact) mass is 215 g/mol. The number of nitrogens with one attached hydrogen (secondary N) is 1. The lowest BCUT2D eigenvalue weighted by molar-refractivity contribution is -0.142. The standard InChI is InChI=1S/C10H17NO2S/c12-10(13)8-6-11-5-7(8)9-3-1-2-4-14-9/h7-9,11H,1-6H2,(H,12,13). The van der Waals surface area contributed by atoms with Crippen LogP contribution in [0.4, 0.5) is 0 Å². The lowest BCUT2D eigenvalue weighted by atomic mass is 9.90. The topological polar surface area (TPSA) is 49.3 Å². The number of rotatable bonds is 2. The van der Waals surface area contributed by atoms with E-state index in [9.17, 15) is 4.79 Å². The molecule has 0 spiro atoms. The molecule has 14 heavy (non-hydrogen) atoms. The number of hydrogen-bond acceptors (Lipinski definition) is 3. The van der Waals surface area contributed by atoms with Gasteiger partial charge in [0.2, 0.25) is 0 Å². The van der Waals surface area contributed by atoms with Gasteiger partial charge in [-0.2, -0.15) is 11.8 Å². The predicted molar refractivity (Wildman–Crippen MR) is 57.6 cm³/mol. The van der Waals surface area contributed by atoms with Crippen molar-refractivity contribution in [3.8, 4) is 0 Å². The average molecular weight is 215 g/mol. The van der Waals surface area contributed by atoms with Crippen LogP contribution in [0, 0.1) is 11.8 Å². The smallest absolute Gasteiger partial charge is 0.308 e. The van der Waals surface area contributed by atoms with E-state index in [1.807, 2.05) is 11.8 Å². The van der Waals surface area contributed by atoms with E-state index in [1.165, 1.54) is 25.0 Å². The van der Waals surface area contributed by atoms with Crippen LogP contribution in [-0.4, -0.2) is 35.2 Å². The lowest BCUT2D eigenvalue weighted by Gasteiger charge is -2.28. The summed E-state index contributed by atoms with van der Waals surface area (Å²) in [6.07, 6.45) is 3.79. The van der Waals surface area contributed by atoms with Crippen LogP contribution in [0.5, 0.6) is 0 Å². The predicted octanol–water partition coefficient (Wildman–Crippen LogP) is 1.19. The Morgan fingerprint density at radius 1 is 1.36 bits per heavy atom. The van der Waals surface area contributed by atoms with Crippen LogP contribution in [0.3, 0.4) is 0 Å². The van der Waals surface area contributed by atoms with Gasteiger partial charge in [0.05, 0.1) is 5.92 Å². The number of thioether (sulfide) groups is 1. The molecule has 2 fully saturated rings. The molecule has 0 aliphatic carbocycles. The van der Waals surface area contributed by atoms with Crippen molar-refractivity contribution in [2.45, 2.75) is 24.5 Å². The van der Waals surface area contributed by atoms with Crippen molar-refractivity contribution in [3.63, 3.8) is 0 Å². The molecule has 2 N–H and O–H groups in total. The van der Waals surface area contributed by atoms with E-state index >= 15 is 0 Å². The van der Waals surface area contributed by atoms with Crippen molar-refractivity contribution in [1.82, 2.24) is 5.32 Å². The van der Waals surface area contributed by atoms with E-state index in [2.05, 4.69) is 5.32 Å². The molecule has 2 aliphatic rings. The van der Waals surface area contributed by atoms with Crippen molar-refractivity contribution >= 4 is 17.7 Å². The number of carboxylic acid groups (broad SMARTS) is 1. The lowest BCUT2D eigenvalue weighted by Crippen LogP contribution is -2.31. The minimum absolute atomic E-state index is 0.148. The maximum absolute atomic E-state index is 11.0. The second kappa shape index (κ2) is 4.53. The second-order valence-corrected chi connectivity index (χ2v) is 5.52. The zero-order chi connectivity index (χ0) is 9.97. The molecule has 2 aliphatic heterocycles. The molecule has 0 aromatic heterocycles. The fraction of sp³-hybridized carbons (Fsp3) is 0.900. The number of hydrogen-bond donors (Lipinski definition) is 2. The Morgan fingerprint density at radius 2 is 2.21 bits per heavy atom. The molecule has 2 saturated heterocycles. The summed E-state index contributed by atoms with van der Waals surface area (Å²) in [5, 5.41) is 12.9. The average Bonchev–Trinajstić information content (AvgIpc) is 2.67. The van der Waals surface area contributed by atoms with Crippen LogP contribution in [0.25, 0.3) is 0 Å². The maximum atomic E-state index is 11.0. The van der Waals surface area contributed by atoms with E-state index < -0.39 is 5.97 Å². The van der Waals surface area contributed by atoms with Crippen LogP contribution < -0.4 is 5.32 Å². The summed E-state index contributed by atoms with van der Waals surface area (Å²) < 4.78 is 0. The summed E-state index contributed by atoms with van der Waals surface area (Å²) in [7, 11) is 0. The summed E-state index contributed by atoms with van der Waals surface area (Å²) >= 11 is 1.98. The molecule has 2 heterocycles. The Morgan fingerprint density at radius 3 is 2.86 bits per heavy atom. The van der Waals surface area contributed by atoms with E-state index in [4.69, 9.17) is 5.11 Å². The largest absolute Gasteiger partial charge is 0.481 e. The van der Waals surface area contributed by atoms with Gasteiger partial charge in [-0.1, -0.05) is 6.42 Å². The SMILES string of the molecule is O=C(O)C1CNCC1C1CCCCS1. The Hall–Kier alpha value is -0.220. The molecule has 0 bridgehead atoms. The molecule has 0 radical (unpaired) electrons. The van der Waals surface area contributed by atoms with E-state index in [1.54, 1.807) is 0 Å². The minimum atomic E-state index is -0.619. The second-order valence-electron chi connectivity index (χ2n) is 4.17. The van der Waals surface area contributed by atoms with Gasteiger partial charge in [0.15, 0.2) is 0 Å². The zero-order valence-electron chi connectivity index (χ0n) is 8.24. The van der Waals surface area contributed by atoms with Gasteiger partial charge < -0.3 is 10.4 Å². The molecular formula is C10H17NO2S. The quantitative estimate of drug-likeness (QED) is 0.726. The van der Waals surface area contributed by atoms with Gasteiger partial charge >= 0.3 is 5.97 Å². The van der Waals surface area contributed by atoms with E-state index in [-0.39, 0.29) is 5.92 Å². The molecule has 2 rings (SSSR count). The Balaban J connectivity index is 1.97. The highest BCUT2D eigenvalue weighted by Crippen LogP contribution is 2.35. The first-order chi connectivity index (χ1) is 6.79. The first-order valence-electron chi connectivity index (χ1n) is 5.34. The third-order valence-corrected chi connectivity index (χ3v) is 4.81. The molecule has 3 atom stereocenters. The first-order valence-corrected chi connectivity index (χ1v) is 6.39. The van der Waals surface area contributed by atoms with Gasteiger partial charge in [-0.25, -0.2) is 0 Å². The molecular weight excluding hydrogens is 198 g/mol. The molecule has 0 saturated carbocycles. The van der Waals surface area contributed by atoms with Crippen molar-refractivity contribution in [3.05, 3.63) is 0 Å². The van der Waals surface area contributed by atoms with Crippen LogP contribution >= 0.6 is 11.8 Å². The van der Waals surface area contributed by atoms with Crippen molar-refractivity contribution in [2.24, 2.45) is 11.8 Å². The van der Waals surface area contributed by atoms with Crippen molar-refractivity contribution in [2.75, 3.05) is 18.8 Å². The summed E-state index contributed by atoms with van der Waals surface area (Å²) in [5.41, 5.74) is 0. The van der Waals surface area contributed by atoms with Crippen LogP contribution in [0.2, 0.25) is 0 Å². The summed E-state index contributed by atoms with van der Waals surface area (Å²) in [6, 6.07) is 0. The molecule has 4 heteroatoms.